The van der Waals surface area contributed by atoms with Crippen LogP contribution in [-0.2, 0) is 14.4 Å². The fourth-order valence-corrected chi connectivity index (χ4v) is 2.42. The molecular weight excluding hydrogens is 388 g/mol. The van der Waals surface area contributed by atoms with Gasteiger partial charge in [-0.15, -0.1) is 0 Å². The van der Waals surface area contributed by atoms with Gasteiger partial charge in [0.25, 0.3) is 5.91 Å². The molecule has 2 aromatic rings. The van der Waals surface area contributed by atoms with Gasteiger partial charge in [0.05, 0.1) is 12.8 Å². The number of hydrogen-bond donors (Lipinski definition) is 3. The van der Waals surface area contributed by atoms with Crippen LogP contribution in [0.15, 0.2) is 41.5 Å². The molecule has 2 rings (SSSR count). The molecule has 0 atom stereocenters. The first-order chi connectivity index (χ1) is 14.2. The fraction of sp³-hybridized carbons (Fsp3) is 0.238. The van der Waals surface area contributed by atoms with Crippen LogP contribution >= 0.6 is 0 Å². The van der Waals surface area contributed by atoms with Gasteiger partial charge in [-0.25, -0.2) is 5.43 Å². The number of carbonyl (C=O) groups is 3. The second kappa shape index (κ2) is 10.1. The minimum absolute atomic E-state index is 0.283. The molecule has 0 heterocycles. The van der Waals surface area contributed by atoms with Crippen molar-refractivity contribution in [1.82, 2.24) is 5.43 Å². The largest absolute Gasteiger partial charge is 0.493 e. The summed E-state index contributed by atoms with van der Waals surface area (Å²) in [6, 6.07) is 10.2. The monoisotopic (exact) mass is 412 g/mol. The Balaban J connectivity index is 2.03. The second-order valence-corrected chi connectivity index (χ2v) is 6.51. The average molecular weight is 412 g/mol. The Morgan fingerprint density at radius 1 is 1.00 bits per heavy atom. The maximum atomic E-state index is 12.1. The van der Waals surface area contributed by atoms with Crippen LogP contribution in [0.3, 0.4) is 0 Å². The molecule has 0 radical (unpaired) electrons. The van der Waals surface area contributed by atoms with Crippen LogP contribution in [0.25, 0.3) is 0 Å². The molecule has 0 fully saturated rings. The van der Waals surface area contributed by atoms with E-state index in [9.17, 15) is 14.4 Å². The van der Waals surface area contributed by atoms with Crippen LogP contribution in [0, 0.1) is 13.8 Å². The SMILES string of the molecule is COc1cc(C(C)=NNC(=O)C(=O)Nc2ccc(C)c(C)c2)ccc1OCC(N)=O. The van der Waals surface area contributed by atoms with E-state index < -0.39 is 17.7 Å². The number of nitrogens with one attached hydrogen (secondary N) is 2. The minimum atomic E-state index is -0.902. The molecule has 0 saturated carbocycles. The Bertz CT molecular complexity index is 1000. The van der Waals surface area contributed by atoms with E-state index in [0.29, 0.717) is 28.5 Å². The molecule has 0 aromatic heterocycles. The Morgan fingerprint density at radius 2 is 1.73 bits per heavy atom. The smallest absolute Gasteiger partial charge is 0.329 e. The van der Waals surface area contributed by atoms with Crippen LogP contribution in [0.5, 0.6) is 11.5 Å². The molecule has 0 aliphatic rings. The zero-order valence-corrected chi connectivity index (χ0v) is 17.2. The van der Waals surface area contributed by atoms with E-state index in [1.54, 1.807) is 37.3 Å². The lowest BCUT2D eigenvalue weighted by Gasteiger charge is -2.11. The van der Waals surface area contributed by atoms with Gasteiger partial charge in [-0.1, -0.05) is 6.07 Å². The van der Waals surface area contributed by atoms with E-state index in [0.717, 1.165) is 11.1 Å². The van der Waals surface area contributed by atoms with Crippen molar-refractivity contribution >= 4 is 29.1 Å². The van der Waals surface area contributed by atoms with Crippen molar-refractivity contribution in [2.75, 3.05) is 19.0 Å². The molecule has 0 spiro atoms. The molecular formula is C21H24N4O5. The summed E-state index contributed by atoms with van der Waals surface area (Å²) in [5.41, 5.74) is 10.9. The van der Waals surface area contributed by atoms with Crippen LogP contribution in [0.1, 0.15) is 23.6 Å². The van der Waals surface area contributed by atoms with E-state index in [4.69, 9.17) is 15.2 Å². The van der Waals surface area contributed by atoms with E-state index in [1.807, 2.05) is 19.9 Å². The van der Waals surface area contributed by atoms with Gasteiger partial charge in [0.2, 0.25) is 0 Å². The summed E-state index contributed by atoms with van der Waals surface area (Å²) < 4.78 is 10.5. The van der Waals surface area contributed by atoms with E-state index in [-0.39, 0.29) is 6.61 Å². The van der Waals surface area contributed by atoms with Gasteiger partial charge < -0.3 is 20.5 Å². The Kier molecular flexibility index (Phi) is 7.51. The zero-order chi connectivity index (χ0) is 22.3. The Labute approximate surface area is 174 Å². The number of aryl methyl sites for hydroxylation is 2. The average Bonchev–Trinajstić information content (AvgIpc) is 2.72. The third kappa shape index (κ3) is 6.06. The maximum absolute atomic E-state index is 12.1. The third-order valence-corrected chi connectivity index (χ3v) is 4.25. The molecule has 0 aliphatic carbocycles. The van der Waals surface area contributed by atoms with Gasteiger partial charge in [-0.05, 0) is 62.2 Å². The number of hydrazone groups is 1. The van der Waals surface area contributed by atoms with Gasteiger partial charge in [-0.2, -0.15) is 5.10 Å². The number of benzene rings is 2. The van der Waals surface area contributed by atoms with Crippen LogP contribution in [0.2, 0.25) is 0 Å². The first-order valence-corrected chi connectivity index (χ1v) is 9.03. The number of rotatable bonds is 7. The summed E-state index contributed by atoms with van der Waals surface area (Å²) in [4.78, 5) is 35.0. The van der Waals surface area contributed by atoms with E-state index >= 15 is 0 Å². The summed E-state index contributed by atoms with van der Waals surface area (Å²) >= 11 is 0. The molecule has 9 heteroatoms. The summed E-state index contributed by atoms with van der Waals surface area (Å²) in [7, 11) is 1.45. The van der Waals surface area contributed by atoms with Crippen LogP contribution in [0.4, 0.5) is 5.69 Å². The molecule has 2 aromatic carbocycles. The van der Waals surface area contributed by atoms with Crippen molar-refractivity contribution in [1.29, 1.82) is 0 Å². The highest BCUT2D eigenvalue weighted by molar-refractivity contribution is 6.39. The predicted octanol–water partition coefficient (Wildman–Crippen LogP) is 1.66. The quantitative estimate of drug-likeness (QED) is 0.361. The van der Waals surface area contributed by atoms with Crippen molar-refractivity contribution in [2.45, 2.75) is 20.8 Å². The third-order valence-electron chi connectivity index (χ3n) is 4.25. The van der Waals surface area contributed by atoms with Gasteiger partial charge in [0.15, 0.2) is 18.1 Å². The highest BCUT2D eigenvalue weighted by Gasteiger charge is 2.14. The number of carbonyl (C=O) groups excluding carboxylic acids is 3. The van der Waals surface area contributed by atoms with E-state index in [1.165, 1.54) is 7.11 Å². The van der Waals surface area contributed by atoms with Gasteiger partial charge in [0.1, 0.15) is 0 Å². The standard InChI is InChI=1S/C21H24N4O5/c1-12-5-7-16(9-13(12)2)23-20(27)21(28)25-24-14(3)15-6-8-17(18(10-15)29-4)30-11-19(22)26/h5-10H,11H2,1-4H3,(H2,22,26)(H,23,27)(H,25,28). The predicted molar refractivity (Wildman–Crippen MR) is 113 cm³/mol. The minimum Gasteiger partial charge on any atom is -0.493 e. The molecule has 9 nitrogen and oxygen atoms in total. The topological polar surface area (TPSA) is 132 Å². The van der Waals surface area contributed by atoms with Crippen LogP contribution < -0.4 is 25.9 Å². The van der Waals surface area contributed by atoms with Gasteiger partial charge in [0, 0.05) is 11.3 Å². The lowest BCUT2D eigenvalue weighted by atomic mass is 10.1. The van der Waals surface area contributed by atoms with Crippen molar-refractivity contribution in [3.8, 4) is 11.5 Å². The molecule has 0 bridgehead atoms. The lowest BCUT2D eigenvalue weighted by Crippen LogP contribution is -2.33. The number of primary amides is 1. The molecule has 3 amide bonds. The molecule has 0 aliphatic heterocycles. The molecule has 0 unspecified atom stereocenters. The Morgan fingerprint density at radius 3 is 2.37 bits per heavy atom. The first kappa shape index (κ1) is 22.4. The zero-order valence-electron chi connectivity index (χ0n) is 17.2. The summed E-state index contributed by atoms with van der Waals surface area (Å²) in [6.45, 7) is 5.24. The number of amides is 3. The van der Waals surface area contributed by atoms with E-state index in [2.05, 4.69) is 15.8 Å². The molecule has 0 saturated heterocycles. The number of hydrogen-bond acceptors (Lipinski definition) is 6. The lowest BCUT2D eigenvalue weighted by molar-refractivity contribution is -0.136. The number of nitrogens with two attached hydrogens (primary N) is 1. The number of ether oxygens (including phenoxy) is 2. The molecule has 158 valence electrons. The first-order valence-electron chi connectivity index (χ1n) is 9.03. The number of methoxy groups -OCH3 is 1. The Hall–Kier alpha value is -3.88. The molecule has 4 N–H and O–H groups in total. The number of anilines is 1. The van der Waals surface area contributed by atoms with Crippen molar-refractivity contribution in [3.05, 3.63) is 53.1 Å². The molecule has 30 heavy (non-hydrogen) atoms. The fourth-order valence-electron chi connectivity index (χ4n) is 2.42. The van der Waals surface area contributed by atoms with Crippen molar-refractivity contribution in [2.24, 2.45) is 10.8 Å². The highest BCUT2D eigenvalue weighted by Crippen LogP contribution is 2.28. The second-order valence-electron chi connectivity index (χ2n) is 6.51. The highest BCUT2D eigenvalue weighted by atomic mass is 16.5. The van der Waals surface area contributed by atoms with Gasteiger partial charge >= 0.3 is 11.8 Å². The summed E-state index contributed by atoms with van der Waals surface area (Å²) in [5, 5.41) is 6.48. The maximum Gasteiger partial charge on any atom is 0.329 e. The number of nitrogens with zero attached hydrogens (tertiary/aromatic N) is 1. The van der Waals surface area contributed by atoms with Crippen molar-refractivity contribution < 1.29 is 23.9 Å². The normalized spacial score (nSPS) is 10.9. The van der Waals surface area contributed by atoms with Gasteiger partial charge in [-0.3, -0.25) is 14.4 Å². The summed E-state index contributed by atoms with van der Waals surface area (Å²) in [6.07, 6.45) is 0. The van der Waals surface area contributed by atoms with Crippen LogP contribution in [-0.4, -0.2) is 37.1 Å². The van der Waals surface area contributed by atoms with Crippen molar-refractivity contribution in [3.63, 3.8) is 0 Å². The summed E-state index contributed by atoms with van der Waals surface area (Å²) in [5.74, 6) is -1.64.